The summed E-state index contributed by atoms with van der Waals surface area (Å²) >= 11 is 0. The molecule has 0 fully saturated rings. The number of aromatic amines is 1. The van der Waals surface area contributed by atoms with Gasteiger partial charge in [0.1, 0.15) is 11.6 Å². The zero-order valence-electron chi connectivity index (χ0n) is 15.8. The predicted molar refractivity (Wildman–Crippen MR) is 113 cm³/mol. The highest BCUT2D eigenvalue weighted by Gasteiger charge is 2.08. The number of aryl methyl sites for hydroxylation is 1. The van der Waals surface area contributed by atoms with Gasteiger partial charge in [-0.1, -0.05) is 30.3 Å². The van der Waals surface area contributed by atoms with E-state index in [4.69, 9.17) is 4.74 Å². The summed E-state index contributed by atoms with van der Waals surface area (Å²) in [5, 5.41) is 3.38. The first kappa shape index (κ1) is 18.4. The molecule has 144 valence electrons. The van der Waals surface area contributed by atoms with Gasteiger partial charge in [0, 0.05) is 11.3 Å². The number of carbonyl (C=O) groups excluding carboxylic acids is 1. The molecule has 0 unspecified atom stereocenters. The van der Waals surface area contributed by atoms with E-state index in [1.54, 1.807) is 42.5 Å². The van der Waals surface area contributed by atoms with Gasteiger partial charge in [-0.2, -0.15) is 0 Å². The fraction of sp³-hybridized carbons (Fsp3) is 0.0870. The molecule has 0 aliphatic heterocycles. The molecule has 0 saturated carbocycles. The first-order valence-corrected chi connectivity index (χ1v) is 9.18. The number of benzene rings is 3. The number of ether oxygens (including phenoxy) is 1. The minimum Gasteiger partial charge on any atom is -0.484 e. The van der Waals surface area contributed by atoms with Crippen molar-refractivity contribution in [2.75, 3.05) is 11.9 Å². The molecule has 0 bridgehead atoms. The summed E-state index contributed by atoms with van der Waals surface area (Å²) in [6, 6.07) is 21.8. The lowest BCUT2D eigenvalue weighted by Crippen LogP contribution is -2.20. The Labute approximate surface area is 167 Å². The number of para-hydroxylation sites is 2. The number of aromatic nitrogens is 2. The molecule has 4 aromatic rings. The topological polar surface area (TPSA) is 84.1 Å². The summed E-state index contributed by atoms with van der Waals surface area (Å²) in [5.41, 5.74) is 2.97. The molecule has 1 heterocycles. The van der Waals surface area contributed by atoms with Crippen molar-refractivity contribution in [1.82, 2.24) is 9.97 Å². The highest BCUT2D eigenvalue weighted by atomic mass is 16.5. The number of nitrogens with zero attached hydrogens (tertiary/aromatic N) is 1. The molecule has 2 N–H and O–H groups in total. The van der Waals surface area contributed by atoms with E-state index in [1.165, 1.54) is 0 Å². The molecule has 0 atom stereocenters. The van der Waals surface area contributed by atoms with Crippen molar-refractivity contribution in [2.24, 2.45) is 0 Å². The first-order valence-electron chi connectivity index (χ1n) is 9.18. The zero-order valence-corrected chi connectivity index (χ0v) is 15.8. The Hall–Kier alpha value is -3.93. The molecule has 1 aromatic heterocycles. The van der Waals surface area contributed by atoms with Crippen molar-refractivity contribution in [1.29, 1.82) is 0 Å². The number of rotatable bonds is 5. The van der Waals surface area contributed by atoms with E-state index < -0.39 is 0 Å². The lowest BCUT2D eigenvalue weighted by Gasteiger charge is -2.10. The van der Waals surface area contributed by atoms with E-state index in [-0.39, 0.29) is 18.1 Å². The maximum Gasteiger partial charge on any atom is 0.262 e. The predicted octanol–water partition coefficient (Wildman–Crippen LogP) is 3.92. The third-order valence-corrected chi connectivity index (χ3v) is 4.53. The van der Waals surface area contributed by atoms with Crippen LogP contribution in [0.25, 0.3) is 22.3 Å². The van der Waals surface area contributed by atoms with Crippen LogP contribution < -0.4 is 15.6 Å². The van der Waals surface area contributed by atoms with Crippen LogP contribution in [0.2, 0.25) is 0 Å². The van der Waals surface area contributed by atoms with Crippen LogP contribution in [-0.2, 0) is 4.79 Å². The molecule has 0 aliphatic rings. The van der Waals surface area contributed by atoms with Gasteiger partial charge in [0.25, 0.3) is 11.5 Å². The van der Waals surface area contributed by atoms with E-state index in [2.05, 4.69) is 15.3 Å². The van der Waals surface area contributed by atoms with Crippen molar-refractivity contribution in [3.05, 3.63) is 88.7 Å². The number of H-pyrrole nitrogens is 1. The number of hydrogen-bond acceptors (Lipinski definition) is 4. The summed E-state index contributed by atoms with van der Waals surface area (Å²) in [6.45, 7) is 1.83. The van der Waals surface area contributed by atoms with E-state index >= 15 is 0 Å². The second-order valence-electron chi connectivity index (χ2n) is 6.61. The van der Waals surface area contributed by atoms with Crippen LogP contribution in [0, 0.1) is 6.92 Å². The highest BCUT2D eigenvalue weighted by Crippen LogP contribution is 2.20. The van der Waals surface area contributed by atoms with E-state index in [1.807, 2.05) is 37.3 Å². The van der Waals surface area contributed by atoms with Crippen LogP contribution in [0.5, 0.6) is 5.75 Å². The normalized spacial score (nSPS) is 10.7. The quantitative estimate of drug-likeness (QED) is 0.545. The molecule has 6 nitrogen and oxygen atoms in total. The molecule has 0 spiro atoms. The molecule has 0 saturated heterocycles. The Morgan fingerprint density at radius 2 is 1.72 bits per heavy atom. The summed E-state index contributed by atoms with van der Waals surface area (Å²) in [4.78, 5) is 31.6. The maximum absolute atomic E-state index is 12.2. The summed E-state index contributed by atoms with van der Waals surface area (Å²) in [5.74, 6) is 0.804. The van der Waals surface area contributed by atoms with Crippen molar-refractivity contribution in [3.8, 4) is 17.1 Å². The molecule has 4 rings (SSSR count). The molecular formula is C23H19N3O3. The Balaban J connectivity index is 1.44. The Kier molecular flexibility index (Phi) is 5.07. The Morgan fingerprint density at radius 1 is 1.00 bits per heavy atom. The largest absolute Gasteiger partial charge is 0.484 e. The average molecular weight is 385 g/mol. The minimum atomic E-state index is -0.232. The lowest BCUT2D eigenvalue weighted by molar-refractivity contribution is -0.118. The third kappa shape index (κ3) is 4.16. The number of carbonyl (C=O) groups is 1. The van der Waals surface area contributed by atoms with Crippen LogP contribution in [-0.4, -0.2) is 22.5 Å². The standard InChI is InChI=1S/C23H19N3O3/c1-15-6-2-4-8-19(15)24-21(27)14-29-17-12-10-16(11-13-17)22-25-20-9-5-3-7-18(20)23(28)26-22/h2-13H,14H2,1H3,(H,24,27)(H,25,26,28). The molecule has 1 amide bonds. The summed E-state index contributed by atoms with van der Waals surface area (Å²) in [6.07, 6.45) is 0. The fourth-order valence-electron chi connectivity index (χ4n) is 2.98. The van der Waals surface area contributed by atoms with Gasteiger partial charge >= 0.3 is 0 Å². The monoisotopic (exact) mass is 385 g/mol. The van der Waals surface area contributed by atoms with Gasteiger partial charge < -0.3 is 15.0 Å². The van der Waals surface area contributed by atoms with Crippen molar-refractivity contribution in [2.45, 2.75) is 6.92 Å². The number of hydrogen-bond donors (Lipinski definition) is 2. The number of anilines is 1. The number of amides is 1. The summed E-state index contributed by atoms with van der Waals surface area (Å²) in [7, 11) is 0. The van der Waals surface area contributed by atoms with Crippen molar-refractivity contribution < 1.29 is 9.53 Å². The van der Waals surface area contributed by atoms with E-state index in [0.717, 1.165) is 16.8 Å². The second-order valence-corrected chi connectivity index (χ2v) is 6.61. The van der Waals surface area contributed by atoms with Gasteiger partial charge in [0.05, 0.1) is 10.9 Å². The fourth-order valence-corrected chi connectivity index (χ4v) is 2.98. The Bertz CT molecular complexity index is 1230. The van der Waals surface area contributed by atoms with Crippen LogP contribution in [0.4, 0.5) is 5.69 Å². The minimum absolute atomic E-state index is 0.0985. The van der Waals surface area contributed by atoms with Gasteiger partial charge in [0.15, 0.2) is 6.61 Å². The van der Waals surface area contributed by atoms with Crippen LogP contribution in [0.15, 0.2) is 77.6 Å². The molecule has 29 heavy (non-hydrogen) atoms. The SMILES string of the molecule is Cc1ccccc1NC(=O)COc1ccc(-c2nc3ccccc3c(=O)[nH]2)cc1. The number of fused-ring (bicyclic) bond motifs is 1. The summed E-state index contributed by atoms with van der Waals surface area (Å²) < 4.78 is 5.56. The third-order valence-electron chi connectivity index (χ3n) is 4.53. The van der Waals surface area contributed by atoms with Gasteiger partial charge in [-0.3, -0.25) is 9.59 Å². The molecule has 3 aromatic carbocycles. The van der Waals surface area contributed by atoms with Gasteiger partial charge in [0.2, 0.25) is 0 Å². The number of nitrogens with one attached hydrogen (secondary N) is 2. The second kappa shape index (κ2) is 7.98. The van der Waals surface area contributed by atoms with Gasteiger partial charge in [-0.05, 0) is 55.0 Å². The first-order chi connectivity index (χ1) is 14.1. The Morgan fingerprint density at radius 3 is 2.52 bits per heavy atom. The smallest absolute Gasteiger partial charge is 0.262 e. The molecular weight excluding hydrogens is 366 g/mol. The zero-order chi connectivity index (χ0) is 20.2. The van der Waals surface area contributed by atoms with Gasteiger partial charge in [-0.15, -0.1) is 0 Å². The van der Waals surface area contributed by atoms with Crippen LogP contribution >= 0.6 is 0 Å². The van der Waals surface area contributed by atoms with Crippen LogP contribution in [0.3, 0.4) is 0 Å². The maximum atomic E-state index is 12.2. The molecule has 0 radical (unpaired) electrons. The van der Waals surface area contributed by atoms with Crippen molar-refractivity contribution >= 4 is 22.5 Å². The van der Waals surface area contributed by atoms with Crippen LogP contribution in [0.1, 0.15) is 5.56 Å². The molecule has 6 heteroatoms. The lowest BCUT2D eigenvalue weighted by atomic mass is 10.2. The van der Waals surface area contributed by atoms with Gasteiger partial charge in [-0.25, -0.2) is 4.98 Å². The van der Waals surface area contributed by atoms with E-state index in [9.17, 15) is 9.59 Å². The molecule has 0 aliphatic carbocycles. The average Bonchev–Trinajstić information content (AvgIpc) is 2.74. The van der Waals surface area contributed by atoms with E-state index in [0.29, 0.717) is 22.5 Å². The van der Waals surface area contributed by atoms with Crippen molar-refractivity contribution in [3.63, 3.8) is 0 Å². The highest BCUT2D eigenvalue weighted by molar-refractivity contribution is 5.92.